The van der Waals surface area contributed by atoms with Gasteiger partial charge in [0.25, 0.3) is 0 Å². The summed E-state index contributed by atoms with van der Waals surface area (Å²) < 4.78 is 5.51. The molecule has 0 saturated carbocycles. The predicted molar refractivity (Wildman–Crippen MR) is 67.9 cm³/mol. The van der Waals surface area contributed by atoms with Crippen LogP contribution in [0.2, 0.25) is 0 Å². The number of carboxylic acids is 1. The van der Waals surface area contributed by atoms with Crippen LogP contribution in [0.5, 0.6) is 5.75 Å². The molecule has 5 heteroatoms. The molecular weight excluding hydrogens is 246 g/mol. The monoisotopic (exact) mass is 259 g/mol. The zero-order valence-corrected chi connectivity index (χ0v) is 10.1. The van der Waals surface area contributed by atoms with E-state index in [1.807, 2.05) is 0 Å². The maximum atomic E-state index is 10.7. The molecule has 1 aromatic carbocycles. The van der Waals surface area contributed by atoms with Crippen LogP contribution in [0, 0.1) is 0 Å². The SMILES string of the molecule is O=C(O)c1ccc(COc2cccc(CO)c2)nc1. The number of carboxylic acid groups (broad SMARTS) is 1. The van der Waals surface area contributed by atoms with E-state index in [0.717, 1.165) is 5.56 Å². The van der Waals surface area contributed by atoms with Gasteiger partial charge in [-0.1, -0.05) is 12.1 Å². The first-order valence-electron chi connectivity index (χ1n) is 5.70. The Hall–Kier alpha value is -2.40. The van der Waals surface area contributed by atoms with Crippen LogP contribution >= 0.6 is 0 Å². The summed E-state index contributed by atoms with van der Waals surface area (Å²) in [6.45, 7) is 0.206. The minimum atomic E-state index is -1.00. The average molecular weight is 259 g/mol. The maximum absolute atomic E-state index is 10.7. The number of pyridine rings is 1. The number of nitrogens with zero attached hydrogens (tertiary/aromatic N) is 1. The Morgan fingerprint density at radius 2 is 2.11 bits per heavy atom. The standard InChI is InChI=1S/C14H13NO4/c16-8-10-2-1-3-13(6-10)19-9-12-5-4-11(7-15-12)14(17)18/h1-7,16H,8-9H2,(H,17,18). The van der Waals surface area contributed by atoms with Gasteiger partial charge < -0.3 is 14.9 Å². The fourth-order valence-corrected chi connectivity index (χ4v) is 1.53. The van der Waals surface area contributed by atoms with Crippen LogP contribution in [0.1, 0.15) is 21.6 Å². The second kappa shape index (κ2) is 5.97. The van der Waals surface area contributed by atoms with E-state index >= 15 is 0 Å². The van der Waals surface area contributed by atoms with E-state index in [4.69, 9.17) is 14.9 Å². The van der Waals surface area contributed by atoms with Gasteiger partial charge >= 0.3 is 5.97 Å². The summed E-state index contributed by atoms with van der Waals surface area (Å²) in [7, 11) is 0. The molecular formula is C14H13NO4. The molecule has 1 heterocycles. The highest BCUT2D eigenvalue weighted by molar-refractivity contribution is 5.87. The molecule has 0 aliphatic heterocycles. The molecule has 0 radical (unpaired) electrons. The molecule has 2 N–H and O–H groups in total. The molecule has 1 aromatic heterocycles. The first kappa shape index (κ1) is 13.0. The van der Waals surface area contributed by atoms with Gasteiger partial charge in [0, 0.05) is 6.20 Å². The molecule has 0 saturated heterocycles. The third kappa shape index (κ3) is 3.53. The summed E-state index contributed by atoms with van der Waals surface area (Å²) in [5.41, 5.74) is 1.55. The molecule has 19 heavy (non-hydrogen) atoms. The minimum absolute atomic E-state index is 0.0389. The highest BCUT2D eigenvalue weighted by Crippen LogP contribution is 2.14. The van der Waals surface area contributed by atoms with Gasteiger partial charge in [-0.15, -0.1) is 0 Å². The lowest BCUT2D eigenvalue weighted by molar-refractivity contribution is 0.0696. The largest absolute Gasteiger partial charge is 0.487 e. The molecule has 0 spiro atoms. The number of hydrogen-bond donors (Lipinski definition) is 2. The van der Waals surface area contributed by atoms with Crippen molar-refractivity contribution in [2.75, 3.05) is 0 Å². The van der Waals surface area contributed by atoms with Gasteiger partial charge in [0.1, 0.15) is 12.4 Å². The number of aromatic carboxylic acids is 1. The normalized spacial score (nSPS) is 10.2. The van der Waals surface area contributed by atoms with Crippen molar-refractivity contribution < 1.29 is 19.7 Å². The van der Waals surface area contributed by atoms with Crippen molar-refractivity contribution in [2.24, 2.45) is 0 Å². The van der Waals surface area contributed by atoms with E-state index in [0.29, 0.717) is 11.4 Å². The summed E-state index contributed by atoms with van der Waals surface area (Å²) >= 11 is 0. The molecule has 0 amide bonds. The zero-order valence-electron chi connectivity index (χ0n) is 10.1. The lowest BCUT2D eigenvalue weighted by Gasteiger charge is -2.07. The summed E-state index contributed by atoms with van der Waals surface area (Å²) in [6, 6.07) is 10.2. The van der Waals surface area contributed by atoms with Gasteiger partial charge in [-0.05, 0) is 29.8 Å². The van der Waals surface area contributed by atoms with Crippen LogP contribution in [-0.2, 0) is 13.2 Å². The summed E-state index contributed by atoms with van der Waals surface area (Å²) in [4.78, 5) is 14.7. The number of rotatable bonds is 5. The van der Waals surface area contributed by atoms with Crippen LogP contribution in [0.15, 0.2) is 42.6 Å². The van der Waals surface area contributed by atoms with E-state index in [-0.39, 0.29) is 18.8 Å². The van der Waals surface area contributed by atoms with Gasteiger partial charge in [0.15, 0.2) is 0 Å². The molecule has 0 unspecified atom stereocenters. The molecule has 0 bridgehead atoms. The maximum Gasteiger partial charge on any atom is 0.337 e. The van der Waals surface area contributed by atoms with Crippen molar-refractivity contribution in [3.8, 4) is 5.75 Å². The zero-order chi connectivity index (χ0) is 13.7. The first-order valence-corrected chi connectivity index (χ1v) is 5.70. The van der Waals surface area contributed by atoms with Crippen LogP contribution in [0.3, 0.4) is 0 Å². The second-order valence-corrected chi connectivity index (χ2v) is 3.94. The van der Waals surface area contributed by atoms with E-state index in [9.17, 15) is 4.79 Å². The van der Waals surface area contributed by atoms with Crippen LogP contribution in [0.4, 0.5) is 0 Å². The highest BCUT2D eigenvalue weighted by Gasteiger charge is 2.03. The van der Waals surface area contributed by atoms with E-state index in [1.165, 1.54) is 12.3 Å². The number of aromatic nitrogens is 1. The Balaban J connectivity index is 1.99. The van der Waals surface area contributed by atoms with Crippen LogP contribution in [-0.4, -0.2) is 21.2 Å². The average Bonchev–Trinajstić information content (AvgIpc) is 2.46. The number of aliphatic hydroxyl groups is 1. The van der Waals surface area contributed by atoms with Crippen LogP contribution < -0.4 is 4.74 Å². The smallest absolute Gasteiger partial charge is 0.337 e. The van der Waals surface area contributed by atoms with Crippen molar-refractivity contribution in [1.29, 1.82) is 0 Å². The number of benzene rings is 1. The molecule has 0 aliphatic rings. The lowest BCUT2D eigenvalue weighted by atomic mass is 10.2. The fourth-order valence-electron chi connectivity index (χ4n) is 1.53. The molecule has 5 nitrogen and oxygen atoms in total. The molecule has 2 aromatic rings. The quantitative estimate of drug-likeness (QED) is 0.856. The van der Waals surface area contributed by atoms with Crippen molar-refractivity contribution in [2.45, 2.75) is 13.2 Å². The third-order valence-corrected chi connectivity index (χ3v) is 2.54. The Labute approximate surface area is 110 Å². The Morgan fingerprint density at radius 1 is 1.26 bits per heavy atom. The second-order valence-electron chi connectivity index (χ2n) is 3.94. The van der Waals surface area contributed by atoms with Gasteiger partial charge in [0.2, 0.25) is 0 Å². The summed E-state index contributed by atoms with van der Waals surface area (Å²) in [6.07, 6.45) is 1.30. The van der Waals surface area contributed by atoms with Gasteiger partial charge in [-0.2, -0.15) is 0 Å². The van der Waals surface area contributed by atoms with Crippen molar-refractivity contribution in [3.63, 3.8) is 0 Å². The Kier molecular flexibility index (Phi) is 4.10. The molecule has 98 valence electrons. The van der Waals surface area contributed by atoms with Crippen molar-refractivity contribution >= 4 is 5.97 Å². The van der Waals surface area contributed by atoms with Crippen LogP contribution in [0.25, 0.3) is 0 Å². The number of aliphatic hydroxyl groups excluding tert-OH is 1. The third-order valence-electron chi connectivity index (χ3n) is 2.54. The Morgan fingerprint density at radius 3 is 2.74 bits per heavy atom. The minimum Gasteiger partial charge on any atom is -0.487 e. The van der Waals surface area contributed by atoms with Gasteiger partial charge in [0.05, 0.1) is 17.9 Å². The lowest BCUT2D eigenvalue weighted by Crippen LogP contribution is -2.02. The topological polar surface area (TPSA) is 79.7 Å². The summed E-state index contributed by atoms with van der Waals surface area (Å²) in [5.74, 6) is -0.369. The number of ether oxygens (including phenoxy) is 1. The molecule has 2 rings (SSSR count). The van der Waals surface area contributed by atoms with Crippen molar-refractivity contribution in [3.05, 3.63) is 59.4 Å². The van der Waals surface area contributed by atoms with Gasteiger partial charge in [-0.3, -0.25) is 4.98 Å². The van der Waals surface area contributed by atoms with Crippen molar-refractivity contribution in [1.82, 2.24) is 4.98 Å². The molecule has 0 aliphatic carbocycles. The Bertz CT molecular complexity index is 566. The number of carbonyl (C=O) groups is 1. The predicted octanol–water partition coefficient (Wildman–Crippen LogP) is 1.85. The fraction of sp³-hybridized carbons (Fsp3) is 0.143. The van der Waals surface area contributed by atoms with E-state index < -0.39 is 5.97 Å². The van der Waals surface area contributed by atoms with Gasteiger partial charge in [-0.25, -0.2) is 4.79 Å². The summed E-state index contributed by atoms with van der Waals surface area (Å²) in [5, 5.41) is 17.8. The molecule has 0 fully saturated rings. The van der Waals surface area contributed by atoms with E-state index in [2.05, 4.69) is 4.98 Å². The first-order chi connectivity index (χ1) is 9.19. The van der Waals surface area contributed by atoms with E-state index in [1.54, 1.807) is 30.3 Å². The molecule has 0 atom stereocenters. The highest BCUT2D eigenvalue weighted by atomic mass is 16.5. The number of hydrogen-bond acceptors (Lipinski definition) is 4.